The molecule has 0 bridgehead atoms. The van der Waals surface area contributed by atoms with Crippen LogP contribution in [0.1, 0.15) is 25.3 Å². The molecule has 0 saturated heterocycles. The third kappa shape index (κ3) is 5.52. The second-order valence-corrected chi connectivity index (χ2v) is 4.49. The van der Waals surface area contributed by atoms with E-state index >= 15 is 0 Å². The lowest BCUT2D eigenvalue weighted by Gasteiger charge is -2.15. The fourth-order valence-electron chi connectivity index (χ4n) is 1.82. The van der Waals surface area contributed by atoms with E-state index in [4.69, 9.17) is 10.2 Å². The predicted octanol–water partition coefficient (Wildman–Crippen LogP) is 1.69. The van der Waals surface area contributed by atoms with Gasteiger partial charge in [0, 0.05) is 5.69 Å². The van der Waals surface area contributed by atoms with E-state index in [0.29, 0.717) is 5.69 Å². The summed E-state index contributed by atoms with van der Waals surface area (Å²) in [4.78, 5) is 33.2. The standard InChI is InChI=1S/C14H18N2O5/c1-2-5-9-6-3-4-7-10(9)15-14(21)16-11(13(19)20)8-12(17)18/h3-4,6-7,11H,2,5,8H2,1H3,(H,17,18)(H,19,20)(H2,15,16,21)/t11-/m0/s1. The number of amides is 2. The number of para-hydroxylation sites is 1. The van der Waals surface area contributed by atoms with Crippen molar-refractivity contribution in [2.45, 2.75) is 32.2 Å². The number of aliphatic carboxylic acids is 2. The van der Waals surface area contributed by atoms with Crippen molar-refractivity contribution in [3.63, 3.8) is 0 Å². The summed E-state index contributed by atoms with van der Waals surface area (Å²) in [5.41, 5.74) is 1.51. The molecule has 0 unspecified atom stereocenters. The number of carboxylic acid groups (broad SMARTS) is 2. The average Bonchev–Trinajstić information content (AvgIpc) is 2.40. The fourth-order valence-corrected chi connectivity index (χ4v) is 1.82. The molecule has 1 atom stereocenters. The summed E-state index contributed by atoms with van der Waals surface area (Å²) < 4.78 is 0. The first-order chi connectivity index (χ1) is 9.93. The molecule has 0 radical (unpaired) electrons. The maximum absolute atomic E-state index is 11.8. The van der Waals surface area contributed by atoms with Gasteiger partial charge in [-0.25, -0.2) is 9.59 Å². The van der Waals surface area contributed by atoms with Gasteiger partial charge in [-0.2, -0.15) is 0 Å². The Bertz CT molecular complexity index is 530. The minimum absolute atomic E-state index is 0.580. The number of carboxylic acids is 2. The molecule has 0 aliphatic carbocycles. The quantitative estimate of drug-likeness (QED) is 0.610. The van der Waals surface area contributed by atoms with Crippen molar-refractivity contribution in [3.8, 4) is 0 Å². The van der Waals surface area contributed by atoms with Crippen LogP contribution in [0.3, 0.4) is 0 Å². The largest absolute Gasteiger partial charge is 0.481 e. The van der Waals surface area contributed by atoms with Crippen molar-refractivity contribution in [2.24, 2.45) is 0 Å². The zero-order chi connectivity index (χ0) is 15.8. The summed E-state index contributed by atoms with van der Waals surface area (Å²) in [7, 11) is 0. The molecular weight excluding hydrogens is 276 g/mol. The summed E-state index contributed by atoms with van der Waals surface area (Å²) in [6, 6.07) is 4.95. The number of benzene rings is 1. The van der Waals surface area contributed by atoms with E-state index < -0.39 is 30.4 Å². The Balaban J connectivity index is 2.72. The van der Waals surface area contributed by atoms with Gasteiger partial charge >= 0.3 is 18.0 Å². The van der Waals surface area contributed by atoms with E-state index in [-0.39, 0.29) is 0 Å². The van der Waals surface area contributed by atoms with Crippen molar-refractivity contribution in [1.29, 1.82) is 0 Å². The van der Waals surface area contributed by atoms with Gasteiger partial charge in [-0.05, 0) is 18.1 Å². The molecular formula is C14H18N2O5. The van der Waals surface area contributed by atoms with E-state index in [2.05, 4.69) is 10.6 Å². The fraction of sp³-hybridized carbons (Fsp3) is 0.357. The first kappa shape index (κ1) is 16.5. The van der Waals surface area contributed by atoms with Gasteiger partial charge in [0.15, 0.2) is 0 Å². The molecule has 0 heterocycles. The lowest BCUT2D eigenvalue weighted by Crippen LogP contribution is -2.44. The van der Waals surface area contributed by atoms with Gasteiger partial charge < -0.3 is 20.8 Å². The van der Waals surface area contributed by atoms with E-state index in [1.54, 1.807) is 12.1 Å². The summed E-state index contributed by atoms with van der Waals surface area (Å²) in [6.07, 6.45) is 0.990. The molecule has 21 heavy (non-hydrogen) atoms. The van der Waals surface area contributed by atoms with Crippen LogP contribution in [0, 0.1) is 0 Å². The Kier molecular flexibility index (Phi) is 6.19. The first-order valence-electron chi connectivity index (χ1n) is 6.54. The minimum Gasteiger partial charge on any atom is -0.481 e. The monoisotopic (exact) mass is 294 g/mol. The van der Waals surface area contributed by atoms with Gasteiger partial charge in [-0.1, -0.05) is 31.5 Å². The number of hydrogen-bond donors (Lipinski definition) is 4. The lowest BCUT2D eigenvalue weighted by molar-refractivity contribution is -0.145. The molecule has 2 amide bonds. The van der Waals surface area contributed by atoms with Crippen LogP contribution < -0.4 is 10.6 Å². The number of anilines is 1. The van der Waals surface area contributed by atoms with Crippen LogP contribution in [-0.2, 0) is 16.0 Å². The zero-order valence-electron chi connectivity index (χ0n) is 11.6. The van der Waals surface area contributed by atoms with Gasteiger partial charge in [0.2, 0.25) is 0 Å². The van der Waals surface area contributed by atoms with Crippen molar-refractivity contribution >= 4 is 23.7 Å². The molecule has 0 fully saturated rings. The highest BCUT2D eigenvalue weighted by Crippen LogP contribution is 2.16. The Morgan fingerprint density at radius 3 is 2.43 bits per heavy atom. The summed E-state index contributed by atoms with van der Waals surface area (Å²) in [6.45, 7) is 2.00. The Morgan fingerprint density at radius 1 is 1.19 bits per heavy atom. The summed E-state index contributed by atoms with van der Waals surface area (Å²) >= 11 is 0. The Morgan fingerprint density at radius 2 is 1.86 bits per heavy atom. The number of carbonyl (C=O) groups is 3. The van der Waals surface area contributed by atoms with E-state index in [1.807, 2.05) is 19.1 Å². The molecule has 0 aromatic heterocycles. The van der Waals surface area contributed by atoms with Gasteiger partial charge in [0.25, 0.3) is 0 Å². The molecule has 7 nitrogen and oxygen atoms in total. The van der Waals surface area contributed by atoms with Crippen LogP contribution in [0.15, 0.2) is 24.3 Å². The highest BCUT2D eigenvalue weighted by atomic mass is 16.4. The topological polar surface area (TPSA) is 116 Å². The van der Waals surface area contributed by atoms with E-state index in [0.717, 1.165) is 18.4 Å². The molecule has 7 heteroatoms. The molecule has 114 valence electrons. The van der Waals surface area contributed by atoms with Crippen LogP contribution >= 0.6 is 0 Å². The highest BCUT2D eigenvalue weighted by molar-refractivity contribution is 5.93. The second-order valence-electron chi connectivity index (χ2n) is 4.49. The third-order valence-electron chi connectivity index (χ3n) is 2.77. The molecule has 0 saturated carbocycles. The Hall–Kier alpha value is -2.57. The normalized spacial score (nSPS) is 11.5. The highest BCUT2D eigenvalue weighted by Gasteiger charge is 2.23. The van der Waals surface area contributed by atoms with Crippen molar-refractivity contribution < 1.29 is 24.6 Å². The maximum Gasteiger partial charge on any atom is 0.326 e. The van der Waals surface area contributed by atoms with Crippen LogP contribution in [0.25, 0.3) is 0 Å². The average molecular weight is 294 g/mol. The number of carbonyl (C=O) groups excluding carboxylic acids is 1. The smallest absolute Gasteiger partial charge is 0.326 e. The lowest BCUT2D eigenvalue weighted by atomic mass is 10.1. The maximum atomic E-state index is 11.8. The van der Waals surface area contributed by atoms with Gasteiger partial charge in [0.05, 0.1) is 6.42 Å². The van der Waals surface area contributed by atoms with Crippen LogP contribution in [0.4, 0.5) is 10.5 Å². The number of aryl methyl sites for hydroxylation is 1. The van der Waals surface area contributed by atoms with Gasteiger partial charge in [0.1, 0.15) is 6.04 Å². The molecule has 0 aliphatic rings. The van der Waals surface area contributed by atoms with Gasteiger partial charge in [-0.3, -0.25) is 4.79 Å². The van der Waals surface area contributed by atoms with Crippen LogP contribution in [0.2, 0.25) is 0 Å². The number of nitrogens with one attached hydrogen (secondary N) is 2. The molecule has 1 aromatic rings. The third-order valence-corrected chi connectivity index (χ3v) is 2.77. The summed E-state index contributed by atoms with van der Waals surface area (Å²) in [5, 5.41) is 22.2. The van der Waals surface area contributed by atoms with Crippen molar-refractivity contribution in [1.82, 2.24) is 5.32 Å². The van der Waals surface area contributed by atoms with Crippen LogP contribution in [-0.4, -0.2) is 34.2 Å². The second kappa shape index (κ2) is 7.88. The minimum atomic E-state index is -1.47. The van der Waals surface area contributed by atoms with Crippen molar-refractivity contribution in [3.05, 3.63) is 29.8 Å². The molecule has 4 N–H and O–H groups in total. The molecule has 1 aromatic carbocycles. The molecule has 1 rings (SSSR count). The zero-order valence-corrected chi connectivity index (χ0v) is 11.6. The summed E-state index contributed by atoms with van der Waals surface area (Å²) in [5.74, 6) is -2.69. The van der Waals surface area contributed by atoms with Gasteiger partial charge in [-0.15, -0.1) is 0 Å². The predicted molar refractivity (Wildman–Crippen MR) is 76.3 cm³/mol. The number of hydrogen-bond acceptors (Lipinski definition) is 3. The van der Waals surface area contributed by atoms with E-state index in [1.165, 1.54) is 0 Å². The first-order valence-corrected chi connectivity index (χ1v) is 6.54. The van der Waals surface area contributed by atoms with E-state index in [9.17, 15) is 14.4 Å². The molecule has 0 aliphatic heterocycles. The SMILES string of the molecule is CCCc1ccccc1NC(=O)N[C@@H](CC(=O)O)C(=O)O. The molecule has 0 spiro atoms. The van der Waals surface area contributed by atoms with Crippen LogP contribution in [0.5, 0.6) is 0 Å². The number of rotatable bonds is 7. The number of urea groups is 1. The van der Waals surface area contributed by atoms with Crippen molar-refractivity contribution in [2.75, 3.05) is 5.32 Å². The Labute approximate surface area is 122 Å².